The number of fused-ring (bicyclic) bond motifs is 1. The van der Waals surface area contributed by atoms with Gasteiger partial charge in [0.05, 0.1) is 5.69 Å². The molecule has 1 aromatic carbocycles. The molecule has 1 nitrogen and oxygen atoms in total. The van der Waals surface area contributed by atoms with Crippen LogP contribution in [0.3, 0.4) is 0 Å². The molecule has 0 aromatic heterocycles. The SMILES string of the molecule is CC1(C2CNc3c(F)cccc32)CCCCC1. The van der Waals surface area contributed by atoms with Crippen LogP contribution in [-0.2, 0) is 0 Å². The van der Waals surface area contributed by atoms with Crippen LogP contribution in [0.25, 0.3) is 0 Å². The first-order valence-corrected chi connectivity index (χ1v) is 6.73. The highest BCUT2D eigenvalue weighted by atomic mass is 19.1. The van der Waals surface area contributed by atoms with Crippen LogP contribution in [0.4, 0.5) is 10.1 Å². The van der Waals surface area contributed by atoms with Crippen LogP contribution >= 0.6 is 0 Å². The molecule has 0 radical (unpaired) electrons. The maximum absolute atomic E-state index is 13.7. The third kappa shape index (κ3) is 1.74. The van der Waals surface area contributed by atoms with Crippen molar-refractivity contribution in [2.24, 2.45) is 5.41 Å². The number of para-hydroxylation sites is 1. The van der Waals surface area contributed by atoms with Gasteiger partial charge in [0.1, 0.15) is 5.82 Å². The van der Waals surface area contributed by atoms with Gasteiger partial charge in [0.15, 0.2) is 0 Å². The summed E-state index contributed by atoms with van der Waals surface area (Å²) in [6.45, 7) is 3.30. The predicted octanol–water partition coefficient (Wildman–Crippen LogP) is 4.31. The van der Waals surface area contributed by atoms with Gasteiger partial charge in [-0.1, -0.05) is 38.3 Å². The summed E-state index contributed by atoms with van der Waals surface area (Å²) in [5.74, 6) is 0.401. The average Bonchev–Trinajstić information content (AvgIpc) is 2.76. The quantitative estimate of drug-likeness (QED) is 0.762. The zero-order valence-corrected chi connectivity index (χ0v) is 10.4. The smallest absolute Gasteiger partial charge is 0.146 e. The van der Waals surface area contributed by atoms with Crippen molar-refractivity contribution in [2.45, 2.75) is 44.9 Å². The highest BCUT2D eigenvalue weighted by Crippen LogP contribution is 2.51. The Balaban J connectivity index is 1.95. The van der Waals surface area contributed by atoms with Gasteiger partial charge < -0.3 is 5.32 Å². The second-order valence-corrected chi connectivity index (χ2v) is 5.85. The lowest BCUT2D eigenvalue weighted by Crippen LogP contribution is -2.29. The molecule has 1 fully saturated rings. The molecule has 92 valence electrons. The molecule has 0 saturated heterocycles. The van der Waals surface area contributed by atoms with Gasteiger partial charge in [-0.2, -0.15) is 0 Å². The van der Waals surface area contributed by atoms with Crippen molar-refractivity contribution >= 4 is 5.69 Å². The molecule has 1 atom stereocenters. The number of benzene rings is 1. The van der Waals surface area contributed by atoms with E-state index in [1.807, 2.05) is 6.07 Å². The van der Waals surface area contributed by atoms with E-state index in [4.69, 9.17) is 0 Å². The molecule has 2 heteroatoms. The lowest BCUT2D eigenvalue weighted by molar-refractivity contribution is 0.177. The summed E-state index contributed by atoms with van der Waals surface area (Å²) in [6, 6.07) is 5.50. The Hall–Kier alpha value is -1.05. The minimum absolute atomic E-state index is 0.0931. The van der Waals surface area contributed by atoms with Crippen molar-refractivity contribution in [1.29, 1.82) is 0 Å². The van der Waals surface area contributed by atoms with Gasteiger partial charge in [-0.05, 0) is 29.9 Å². The van der Waals surface area contributed by atoms with E-state index >= 15 is 0 Å². The van der Waals surface area contributed by atoms with E-state index in [-0.39, 0.29) is 5.82 Å². The molecule has 1 saturated carbocycles. The van der Waals surface area contributed by atoms with Crippen LogP contribution in [0, 0.1) is 11.2 Å². The minimum atomic E-state index is -0.0931. The Morgan fingerprint density at radius 1 is 1.24 bits per heavy atom. The van der Waals surface area contributed by atoms with Gasteiger partial charge in [0.2, 0.25) is 0 Å². The van der Waals surface area contributed by atoms with E-state index in [1.165, 1.54) is 37.7 Å². The molecular weight excluding hydrogens is 213 g/mol. The summed E-state index contributed by atoms with van der Waals surface area (Å²) < 4.78 is 13.7. The molecule has 0 spiro atoms. The maximum Gasteiger partial charge on any atom is 0.146 e. The standard InChI is InChI=1S/C15H20FN/c1-15(8-3-2-4-9-15)12-10-17-14-11(12)6-5-7-13(14)16/h5-7,12,17H,2-4,8-10H2,1H3. The summed E-state index contributed by atoms with van der Waals surface area (Å²) in [5, 5.41) is 3.27. The number of hydrogen-bond donors (Lipinski definition) is 1. The fraction of sp³-hybridized carbons (Fsp3) is 0.600. The lowest BCUT2D eigenvalue weighted by Gasteiger charge is -2.39. The van der Waals surface area contributed by atoms with E-state index in [1.54, 1.807) is 6.07 Å². The Morgan fingerprint density at radius 3 is 2.76 bits per heavy atom. The second-order valence-electron chi connectivity index (χ2n) is 5.85. The molecule has 1 heterocycles. The van der Waals surface area contributed by atoms with Gasteiger partial charge >= 0.3 is 0 Å². The highest BCUT2D eigenvalue weighted by molar-refractivity contribution is 5.59. The molecule has 1 unspecified atom stereocenters. The third-order valence-corrected chi connectivity index (χ3v) is 4.74. The highest BCUT2D eigenvalue weighted by Gasteiger charge is 2.40. The normalized spacial score (nSPS) is 26.4. The Labute approximate surface area is 102 Å². The summed E-state index contributed by atoms with van der Waals surface area (Å²) in [5.41, 5.74) is 2.32. The lowest BCUT2D eigenvalue weighted by atomic mass is 9.66. The Morgan fingerprint density at radius 2 is 2.00 bits per heavy atom. The molecule has 1 aromatic rings. The summed E-state index contributed by atoms with van der Waals surface area (Å²) in [4.78, 5) is 0. The number of halogens is 1. The zero-order valence-electron chi connectivity index (χ0n) is 10.4. The van der Waals surface area contributed by atoms with Crippen LogP contribution in [0.1, 0.15) is 50.5 Å². The molecule has 0 amide bonds. The molecule has 17 heavy (non-hydrogen) atoms. The summed E-state index contributed by atoms with van der Waals surface area (Å²) in [7, 11) is 0. The molecule has 2 aliphatic rings. The van der Waals surface area contributed by atoms with E-state index in [9.17, 15) is 4.39 Å². The van der Waals surface area contributed by atoms with Gasteiger partial charge in [0.25, 0.3) is 0 Å². The number of nitrogens with one attached hydrogen (secondary N) is 1. The molecule has 3 rings (SSSR count). The molecule has 1 aliphatic carbocycles. The third-order valence-electron chi connectivity index (χ3n) is 4.74. The largest absolute Gasteiger partial charge is 0.382 e. The summed E-state index contributed by atoms with van der Waals surface area (Å²) >= 11 is 0. The Kier molecular flexibility index (Phi) is 2.61. The van der Waals surface area contributed by atoms with Crippen molar-refractivity contribution in [3.63, 3.8) is 0 Å². The first kappa shape index (κ1) is 11.1. The van der Waals surface area contributed by atoms with Crippen LogP contribution in [-0.4, -0.2) is 6.54 Å². The van der Waals surface area contributed by atoms with Crippen molar-refractivity contribution in [2.75, 3.05) is 11.9 Å². The van der Waals surface area contributed by atoms with Crippen molar-refractivity contribution in [3.05, 3.63) is 29.6 Å². The fourth-order valence-electron chi connectivity index (χ4n) is 3.66. The molecule has 1 aliphatic heterocycles. The Bertz CT molecular complexity index is 421. The predicted molar refractivity (Wildman–Crippen MR) is 68.8 cm³/mol. The van der Waals surface area contributed by atoms with Crippen LogP contribution in [0.15, 0.2) is 18.2 Å². The van der Waals surface area contributed by atoms with Crippen LogP contribution in [0.5, 0.6) is 0 Å². The van der Waals surface area contributed by atoms with E-state index in [0.29, 0.717) is 11.3 Å². The van der Waals surface area contributed by atoms with Crippen LogP contribution in [0.2, 0.25) is 0 Å². The van der Waals surface area contributed by atoms with Gasteiger partial charge in [-0.15, -0.1) is 0 Å². The number of hydrogen-bond acceptors (Lipinski definition) is 1. The maximum atomic E-state index is 13.7. The second kappa shape index (κ2) is 4.01. The topological polar surface area (TPSA) is 12.0 Å². The first-order valence-electron chi connectivity index (χ1n) is 6.73. The van der Waals surface area contributed by atoms with Crippen molar-refractivity contribution in [3.8, 4) is 0 Å². The first-order chi connectivity index (χ1) is 8.21. The fourth-order valence-corrected chi connectivity index (χ4v) is 3.66. The minimum Gasteiger partial charge on any atom is -0.382 e. The molecule has 0 bridgehead atoms. The van der Waals surface area contributed by atoms with Crippen molar-refractivity contribution < 1.29 is 4.39 Å². The summed E-state index contributed by atoms with van der Waals surface area (Å²) in [6.07, 6.45) is 6.60. The monoisotopic (exact) mass is 233 g/mol. The van der Waals surface area contributed by atoms with Crippen LogP contribution < -0.4 is 5.32 Å². The average molecular weight is 233 g/mol. The van der Waals surface area contributed by atoms with E-state index < -0.39 is 0 Å². The van der Waals surface area contributed by atoms with Crippen molar-refractivity contribution in [1.82, 2.24) is 0 Å². The number of rotatable bonds is 1. The van der Waals surface area contributed by atoms with Gasteiger partial charge in [-0.3, -0.25) is 0 Å². The molecular formula is C15H20FN. The van der Waals surface area contributed by atoms with E-state index in [2.05, 4.69) is 18.3 Å². The van der Waals surface area contributed by atoms with Gasteiger partial charge in [-0.25, -0.2) is 4.39 Å². The zero-order chi connectivity index (χ0) is 11.9. The van der Waals surface area contributed by atoms with Gasteiger partial charge in [0, 0.05) is 12.5 Å². The number of anilines is 1. The van der Waals surface area contributed by atoms with E-state index in [0.717, 1.165) is 12.2 Å². The molecule has 1 N–H and O–H groups in total.